The lowest BCUT2D eigenvalue weighted by atomic mass is 10.1. The first-order valence-corrected chi connectivity index (χ1v) is 10.1. The standard InChI is InChI=1S/C23H28N6O.HI/c1-3-24-23(25-15-19-8-4-7-18(2)13-19)26-16-20-9-5-10-21(14-20)28-22(30)17-29-12-6-11-27-29;/h4-14H,3,15-17H2,1-2H3,(H,28,30)(H2,24,25,26);1H. The Balaban J connectivity index is 0.00000341. The van der Waals surface area contributed by atoms with E-state index in [1.165, 1.54) is 11.1 Å². The Kier molecular flexibility index (Phi) is 10.0. The molecule has 1 amide bonds. The van der Waals surface area contributed by atoms with E-state index in [0.29, 0.717) is 13.1 Å². The maximum atomic E-state index is 12.2. The largest absolute Gasteiger partial charge is 0.357 e. The molecule has 3 aromatic rings. The Morgan fingerprint density at radius 3 is 2.61 bits per heavy atom. The van der Waals surface area contributed by atoms with Crippen LogP contribution in [0.5, 0.6) is 0 Å². The number of aliphatic imine (C=N–C) groups is 1. The Hall–Kier alpha value is -2.88. The molecule has 1 aromatic heterocycles. The van der Waals surface area contributed by atoms with E-state index in [1.54, 1.807) is 23.1 Å². The highest BCUT2D eigenvalue weighted by atomic mass is 127. The second-order valence-corrected chi connectivity index (χ2v) is 6.99. The normalized spacial score (nSPS) is 10.8. The van der Waals surface area contributed by atoms with E-state index in [9.17, 15) is 4.79 Å². The zero-order chi connectivity index (χ0) is 21.2. The summed E-state index contributed by atoms with van der Waals surface area (Å²) in [6, 6.07) is 17.9. The van der Waals surface area contributed by atoms with Gasteiger partial charge in [-0.3, -0.25) is 9.48 Å². The van der Waals surface area contributed by atoms with E-state index in [0.717, 1.165) is 23.8 Å². The van der Waals surface area contributed by atoms with Crippen LogP contribution in [0, 0.1) is 6.92 Å². The summed E-state index contributed by atoms with van der Waals surface area (Å²) in [5.41, 5.74) is 4.21. The van der Waals surface area contributed by atoms with Gasteiger partial charge in [-0.05, 0) is 43.2 Å². The first kappa shape index (κ1) is 24.4. The van der Waals surface area contributed by atoms with Gasteiger partial charge < -0.3 is 16.0 Å². The predicted octanol–water partition coefficient (Wildman–Crippen LogP) is 3.70. The zero-order valence-corrected chi connectivity index (χ0v) is 20.2. The summed E-state index contributed by atoms with van der Waals surface area (Å²) in [5.74, 6) is 0.643. The molecule has 0 aliphatic carbocycles. The van der Waals surface area contributed by atoms with Crippen LogP contribution in [0.15, 0.2) is 72.0 Å². The van der Waals surface area contributed by atoms with Crippen molar-refractivity contribution in [3.63, 3.8) is 0 Å². The van der Waals surface area contributed by atoms with Gasteiger partial charge in [-0.15, -0.1) is 24.0 Å². The molecular weight excluding hydrogens is 503 g/mol. The molecule has 0 fully saturated rings. The number of hydrogen-bond donors (Lipinski definition) is 3. The summed E-state index contributed by atoms with van der Waals surface area (Å²) in [7, 11) is 0. The fraction of sp³-hybridized carbons (Fsp3) is 0.261. The van der Waals surface area contributed by atoms with Gasteiger partial charge in [0.2, 0.25) is 5.91 Å². The molecule has 0 radical (unpaired) electrons. The van der Waals surface area contributed by atoms with Crippen LogP contribution in [0.3, 0.4) is 0 Å². The lowest BCUT2D eigenvalue weighted by Crippen LogP contribution is -2.36. The Labute approximate surface area is 200 Å². The molecule has 0 saturated heterocycles. The van der Waals surface area contributed by atoms with Gasteiger partial charge in [0.25, 0.3) is 0 Å². The number of amides is 1. The number of rotatable bonds is 8. The highest BCUT2D eigenvalue weighted by molar-refractivity contribution is 14.0. The van der Waals surface area contributed by atoms with Gasteiger partial charge in [0.15, 0.2) is 5.96 Å². The average Bonchev–Trinajstić information content (AvgIpc) is 3.23. The number of anilines is 1. The van der Waals surface area contributed by atoms with Gasteiger partial charge in [0.1, 0.15) is 6.54 Å². The van der Waals surface area contributed by atoms with Gasteiger partial charge >= 0.3 is 0 Å². The fourth-order valence-corrected chi connectivity index (χ4v) is 3.01. The van der Waals surface area contributed by atoms with Crippen molar-refractivity contribution in [2.24, 2.45) is 4.99 Å². The van der Waals surface area contributed by atoms with Crippen molar-refractivity contribution in [1.29, 1.82) is 0 Å². The minimum Gasteiger partial charge on any atom is -0.357 e. The average molecular weight is 532 g/mol. The summed E-state index contributed by atoms with van der Waals surface area (Å²) >= 11 is 0. The van der Waals surface area contributed by atoms with Crippen LogP contribution in [0.1, 0.15) is 23.6 Å². The molecule has 3 N–H and O–H groups in total. The molecule has 0 aliphatic heterocycles. The monoisotopic (exact) mass is 532 g/mol. The van der Waals surface area contributed by atoms with Crippen molar-refractivity contribution in [3.05, 3.63) is 83.7 Å². The van der Waals surface area contributed by atoms with Gasteiger partial charge in [-0.2, -0.15) is 5.10 Å². The Morgan fingerprint density at radius 2 is 1.87 bits per heavy atom. The van der Waals surface area contributed by atoms with Crippen LogP contribution in [0.4, 0.5) is 5.69 Å². The predicted molar refractivity (Wildman–Crippen MR) is 136 cm³/mol. The fourth-order valence-electron chi connectivity index (χ4n) is 3.01. The highest BCUT2D eigenvalue weighted by Gasteiger charge is 2.05. The molecular formula is C23H29IN6O. The molecule has 0 aliphatic rings. The molecule has 0 unspecified atom stereocenters. The molecule has 0 atom stereocenters. The smallest absolute Gasteiger partial charge is 0.246 e. The summed E-state index contributed by atoms with van der Waals surface area (Å²) in [4.78, 5) is 16.8. The summed E-state index contributed by atoms with van der Waals surface area (Å²) < 4.78 is 1.59. The summed E-state index contributed by atoms with van der Waals surface area (Å²) in [5, 5.41) is 13.6. The molecule has 8 heteroatoms. The zero-order valence-electron chi connectivity index (χ0n) is 17.8. The van der Waals surface area contributed by atoms with Crippen LogP contribution in [0.2, 0.25) is 0 Å². The van der Waals surface area contributed by atoms with Crippen LogP contribution < -0.4 is 16.0 Å². The lowest BCUT2D eigenvalue weighted by molar-refractivity contribution is -0.116. The van der Waals surface area contributed by atoms with E-state index in [2.05, 4.69) is 51.2 Å². The first-order valence-electron chi connectivity index (χ1n) is 10.1. The van der Waals surface area contributed by atoms with E-state index in [4.69, 9.17) is 0 Å². The number of nitrogens with zero attached hydrogens (tertiary/aromatic N) is 3. The van der Waals surface area contributed by atoms with Crippen molar-refractivity contribution in [2.45, 2.75) is 33.5 Å². The van der Waals surface area contributed by atoms with Gasteiger partial charge in [0, 0.05) is 31.2 Å². The Morgan fingerprint density at radius 1 is 1.06 bits per heavy atom. The van der Waals surface area contributed by atoms with Crippen molar-refractivity contribution in [2.75, 3.05) is 11.9 Å². The van der Waals surface area contributed by atoms with Crippen molar-refractivity contribution >= 4 is 41.5 Å². The van der Waals surface area contributed by atoms with E-state index in [-0.39, 0.29) is 36.4 Å². The number of guanidine groups is 1. The van der Waals surface area contributed by atoms with Crippen LogP contribution in [-0.2, 0) is 24.4 Å². The quantitative estimate of drug-likeness (QED) is 0.235. The minimum absolute atomic E-state index is 0. The third-order valence-corrected chi connectivity index (χ3v) is 4.38. The van der Waals surface area contributed by atoms with Gasteiger partial charge in [0.05, 0.1) is 6.54 Å². The summed E-state index contributed by atoms with van der Waals surface area (Å²) in [6.07, 6.45) is 3.42. The Bertz CT molecular complexity index is 987. The molecule has 2 aromatic carbocycles. The maximum absolute atomic E-state index is 12.2. The van der Waals surface area contributed by atoms with E-state index < -0.39 is 0 Å². The van der Waals surface area contributed by atoms with Gasteiger partial charge in [-0.25, -0.2) is 4.99 Å². The molecule has 3 rings (SSSR count). The summed E-state index contributed by atoms with van der Waals surface area (Å²) in [6.45, 7) is 6.30. The topological polar surface area (TPSA) is 83.3 Å². The SMILES string of the molecule is CCNC(=NCc1cccc(C)c1)NCc1cccc(NC(=O)Cn2cccn2)c1.I. The van der Waals surface area contributed by atoms with Crippen LogP contribution in [0.25, 0.3) is 0 Å². The van der Waals surface area contributed by atoms with Gasteiger partial charge in [-0.1, -0.05) is 42.0 Å². The number of halogens is 1. The number of carbonyl (C=O) groups is 1. The number of nitrogens with one attached hydrogen (secondary N) is 3. The number of carbonyl (C=O) groups excluding carboxylic acids is 1. The van der Waals surface area contributed by atoms with Crippen molar-refractivity contribution < 1.29 is 4.79 Å². The molecule has 0 saturated carbocycles. The second kappa shape index (κ2) is 12.7. The van der Waals surface area contributed by atoms with E-state index >= 15 is 0 Å². The van der Waals surface area contributed by atoms with Crippen molar-refractivity contribution in [1.82, 2.24) is 20.4 Å². The number of benzene rings is 2. The number of hydrogen-bond acceptors (Lipinski definition) is 3. The number of aromatic nitrogens is 2. The number of aryl methyl sites for hydroxylation is 1. The molecule has 1 heterocycles. The molecule has 0 bridgehead atoms. The lowest BCUT2D eigenvalue weighted by Gasteiger charge is -2.12. The van der Waals surface area contributed by atoms with E-state index in [1.807, 2.05) is 37.3 Å². The second-order valence-electron chi connectivity index (χ2n) is 6.99. The van der Waals surface area contributed by atoms with Crippen LogP contribution in [-0.4, -0.2) is 28.2 Å². The maximum Gasteiger partial charge on any atom is 0.246 e. The van der Waals surface area contributed by atoms with Crippen molar-refractivity contribution in [3.8, 4) is 0 Å². The molecule has 31 heavy (non-hydrogen) atoms. The van der Waals surface area contributed by atoms with Crippen LogP contribution >= 0.6 is 24.0 Å². The molecule has 164 valence electrons. The third-order valence-electron chi connectivity index (χ3n) is 4.38. The minimum atomic E-state index is -0.114. The first-order chi connectivity index (χ1) is 14.6. The highest BCUT2D eigenvalue weighted by Crippen LogP contribution is 2.11. The molecule has 0 spiro atoms. The molecule has 7 nitrogen and oxygen atoms in total. The third kappa shape index (κ3) is 8.41.